The summed E-state index contributed by atoms with van der Waals surface area (Å²) in [7, 11) is 1.57. The van der Waals surface area contributed by atoms with Crippen molar-refractivity contribution in [2.24, 2.45) is 5.92 Å². The standard InChI is InChI=1S/C18H25N3O3/c1-13-6-4-5-7-15(13)10-17(23)21-9-8-20(14(2)22)11-16(12-21)18(24)19-3/h4-7,16H,8-12H2,1-3H3,(H,19,24)/t16-/m1/s1. The molecule has 0 aromatic heterocycles. The highest BCUT2D eigenvalue weighted by Crippen LogP contribution is 2.14. The normalized spacial score (nSPS) is 18.0. The predicted octanol–water partition coefficient (Wildman–Crippen LogP) is 0.590. The van der Waals surface area contributed by atoms with Crippen LogP contribution in [0.1, 0.15) is 18.1 Å². The van der Waals surface area contributed by atoms with E-state index in [4.69, 9.17) is 0 Å². The Hall–Kier alpha value is -2.37. The van der Waals surface area contributed by atoms with Gasteiger partial charge in [-0.05, 0) is 18.1 Å². The molecule has 0 radical (unpaired) electrons. The molecule has 0 unspecified atom stereocenters. The van der Waals surface area contributed by atoms with Gasteiger partial charge in [0, 0.05) is 40.2 Å². The lowest BCUT2D eigenvalue weighted by atomic mass is 10.0. The van der Waals surface area contributed by atoms with Crippen LogP contribution in [0.4, 0.5) is 0 Å². The number of aryl methyl sites for hydroxylation is 1. The highest BCUT2D eigenvalue weighted by Gasteiger charge is 2.30. The van der Waals surface area contributed by atoms with Crippen molar-refractivity contribution in [3.8, 4) is 0 Å². The number of nitrogens with one attached hydrogen (secondary N) is 1. The third-order valence-corrected chi connectivity index (χ3v) is 4.54. The molecule has 1 atom stereocenters. The molecule has 2 rings (SSSR count). The first-order valence-corrected chi connectivity index (χ1v) is 8.21. The van der Waals surface area contributed by atoms with E-state index in [2.05, 4.69) is 5.32 Å². The third kappa shape index (κ3) is 4.34. The van der Waals surface area contributed by atoms with Crippen LogP contribution in [-0.2, 0) is 20.8 Å². The summed E-state index contributed by atoms with van der Waals surface area (Å²) in [6.07, 6.45) is 0.313. The summed E-state index contributed by atoms with van der Waals surface area (Å²) in [6.45, 7) is 5.08. The van der Waals surface area contributed by atoms with Gasteiger partial charge in [0.1, 0.15) is 0 Å². The first-order chi connectivity index (χ1) is 11.4. The summed E-state index contributed by atoms with van der Waals surface area (Å²) < 4.78 is 0. The van der Waals surface area contributed by atoms with Crippen LogP contribution in [0.15, 0.2) is 24.3 Å². The second-order valence-corrected chi connectivity index (χ2v) is 6.22. The molecule has 1 aliphatic heterocycles. The van der Waals surface area contributed by atoms with Gasteiger partial charge in [-0.1, -0.05) is 24.3 Å². The number of rotatable bonds is 3. The van der Waals surface area contributed by atoms with Crippen LogP contribution >= 0.6 is 0 Å². The van der Waals surface area contributed by atoms with Crippen molar-refractivity contribution in [1.29, 1.82) is 0 Å². The molecule has 1 fully saturated rings. The Morgan fingerprint density at radius 2 is 1.75 bits per heavy atom. The molecule has 0 saturated carbocycles. The molecule has 1 aromatic carbocycles. The maximum Gasteiger partial charge on any atom is 0.227 e. The van der Waals surface area contributed by atoms with Gasteiger partial charge in [-0.3, -0.25) is 14.4 Å². The first kappa shape index (κ1) is 18.0. The molecule has 1 saturated heterocycles. The number of carbonyl (C=O) groups excluding carboxylic acids is 3. The lowest BCUT2D eigenvalue weighted by Gasteiger charge is -2.23. The van der Waals surface area contributed by atoms with Gasteiger partial charge in [0.2, 0.25) is 17.7 Å². The zero-order valence-corrected chi connectivity index (χ0v) is 14.5. The van der Waals surface area contributed by atoms with E-state index >= 15 is 0 Å². The fraction of sp³-hybridized carbons (Fsp3) is 0.500. The molecule has 6 nitrogen and oxygen atoms in total. The molecule has 0 aliphatic carbocycles. The highest BCUT2D eigenvalue weighted by atomic mass is 16.2. The van der Waals surface area contributed by atoms with Gasteiger partial charge in [0.15, 0.2) is 0 Å². The third-order valence-electron chi connectivity index (χ3n) is 4.54. The van der Waals surface area contributed by atoms with Crippen LogP contribution < -0.4 is 5.32 Å². The highest BCUT2D eigenvalue weighted by molar-refractivity contribution is 5.83. The SMILES string of the molecule is CNC(=O)[C@@H]1CN(C(C)=O)CCN(C(=O)Cc2ccccc2C)C1. The fourth-order valence-corrected chi connectivity index (χ4v) is 2.98. The first-order valence-electron chi connectivity index (χ1n) is 8.21. The van der Waals surface area contributed by atoms with Crippen LogP contribution in [0, 0.1) is 12.8 Å². The van der Waals surface area contributed by atoms with E-state index in [1.807, 2.05) is 31.2 Å². The Morgan fingerprint density at radius 1 is 1.12 bits per heavy atom. The van der Waals surface area contributed by atoms with Crippen molar-refractivity contribution in [3.63, 3.8) is 0 Å². The second kappa shape index (κ2) is 7.95. The van der Waals surface area contributed by atoms with Crippen LogP contribution in [0.25, 0.3) is 0 Å². The molecule has 3 amide bonds. The molecular formula is C18H25N3O3. The molecule has 1 aromatic rings. The minimum absolute atomic E-state index is 0.0106. The van der Waals surface area contributed by atoms with E-state index in [9.17, 15) is 14.4 Å². The number of nitrogens with zero attached hydrogens (tertiary/aromatic N) is 2. The van der Waals surface area contributed by atoms with E-state index < -0.39 is 5.92 Å². The van der Waals surface area contributed by atoms with Crippen LogP contribution in [0.5, 0.6) is 0 Å². The van der Waals surface area contributed by atoms with Gasteiger partial charge in [-0.25, -0.2) is 0 Å². The zero-order chi connectivity index (χ0) is 17.7. The number of benzene rings is 1. The van der Waals surface area contributed by atoms with Crippen molar-refractivity contribution in [3.05, 3.63) is 35.4 Å². The summed E-state index contributed by atoms with van der Waals surface area (Å²) in [4.78, 5) is 39.8. The van der Waals surface area contributed by atoms with Gasteiger partial charge < -0.3 is 15.1 Å². The van der Waals surface area contributed by atoms with E-state index in [0.29, 0.717) is 32.6 Å². The maximum atomic E-state index is 12.7. The van der Waals surface area contributed by atoms with E-state index in [0.717, 1.165) is 11.1 Å². The van der Waals surface area contributed by atoms with Gasteiger partial charge >= 0.3 is 0 Å². The number of amides is 3. The minimum Gasteiger partial charge on any atom is -0.359 e. The van der Waals surface area contributed by atoms with E-state index in [1.54, 1.807) is 16.8 Å². The van der Waals surface area contributed by atoms with Crippen LogP contribution in [0.3, 0.4) is 0 Å². The molecule has 1 aliphatic rings. The van der Waals surface area contributed by atoms with Crippen molar-refractivity contribution < 1.29 is 14.4 Å². The van der Waals surface area contributed by atoms with Gasteiger partial charge in [0.25, 0.3) is 0 Å². The van der Waals surface area contributed by atoms with Gasteiger partial charge in [-0.2, -0.15) is 0 Å². The van der Waals surface area contributed by atoms with E-state index in [1.165, 1.54) is 6.92 Å². The summed E-state index contributed by atoms with van der Waals surface area (Å²) >= 11 is 0. The maximum absolute atomic E-state index is 12.7. The fourth-order valence-electron chi connectivity index (χ4n) is 2.98. The molecule has 0 spiro atoms. The monoisotopic (exact) mass is 331 g/mol. The van der Waals surface area contributed by atoms with E-state index in [-0.39, 0.29) is 17.7 Å². The lowest BCUT2D eigenvalue weighted by Crippen LogP contribution is -2.42. The molecule has 6 heteroatoms. The Kier molecular flexibility index (Phi) is 5.95. The smallest absolute Gasteiger partial charge is 0.227 e. The Labute approximate surface area is 142 Å². The van der Waals surface area contributed by atoms with Crippen molar-refractivity contribution in [1.82, 2.24) is 15.1 Å². The van der Waals surface area contributed by atoms with Crippen molar-refractivity contribution in [2.75, 3.05) is 33.2 Å². The predicted molar refractivity (Wildman–Crippen MR) is 91.3 cm³/mol. The van der Waals surface area contributed by atoms with Gasteiger partial charge in [-0.15, -0.1) is 0 Å². The quantitative estimate of drug-likeness (QED) is 0.881. The number of hydrogen-bond donors (Lipinski definition) is 1. The van der Waals surface area contributed by atoms with Crippen LogP contribution in [0.2, 0.25) is 0 Å². The summed E-state index contributed by atoms with van der Waals surface area (Å²) in [5.74, 6) is -0.625. The molecule has 1 heterocycles. The average molecular weight is 331 g/mol. The average Bonchev–Trinajstić information content (AvgIpc) is 2.79. The number of carbonyl (C=O) groups is 3. The molecular weight excluding hydrogens is 306 g/mol. The topological polar surface area (TPSA) is 69.7 Å². The lowest BCUT2D eigenvalue weighted by molar-refractivity contribution is -0.132. The molecule has 130 valence electrons. The van der Waals surface area contributed by atoms with Crippen molar-refractivity contribution in [2.45, 2.75) is 20.3 Å². The Morgan fingerprint density at radius 3 is 2.38 bits per heavy atom. The Bertz CT molecular complexity index is 630. The van der Waals surface area contributed by atoms with Crippen LogP contribution in [-0.4, -0.2) is 60.7 Å². The molecule has 24 heavy (non-hydrogen) atoms. The molecule has 0 bridgehead atoms. The second-order valence-electron chi connectivity index (χ2n) is 6.22. The minimum atomic E-state index is -0.401. The summed E-state index contributed by atoms with van der Waals surface area (Å²) in [5.41, 5.74) is 2.07. The number of hydrogen-bond acceptors (Lipinski definition) is 3. The summed E-state index contributed by atoms with van der Waals surface area (Å²) in [5, 5.41) is 2.63. The Balaban J connectivity index is 2.13. The largest absolute Gasteiger partial charge is 0.359 e. The van der Waals surface area contributed by atoms with Crippen molar-refractivity contribution >= 4 is 17.7 Å². The zero-order valence-electron chi connectivity index (χ0n) is 14.5. The molecule has 1 N–H and O–H groups in total. The summed E-state index contributed by atoms with van der Waals surface area (Å²) in [6, 6.07) is 7.80. The van der Waals surface area contributed by atoms with Gasteiger partial charge in [0.05, 0.1) is 12.3 Å².